The quantitative estimate of drug-likeness (QED) is 0.602. The van der Waals surface area contributed by atoms with E-state index in [-0.39, 0.29) is 42.2 Å². The molecule has 33 heavy (non-hydrogen) atoms. The van der Waals surface area contributed by atoms with Crippen molar-refractivity contribution in [2.45, 2.75) is 62.8 Å². The maximum atomic E-state index is 13.4. The van der Waals surface area contributed by atoms with Crippen LogP contribution in [0, 0.1) is 0 Å². The number of hydrogen-bond acceptors (Lipinski definition) is 4. The fourth-order valence-electron chi connectivity index (χ4n) is 4.75. The summed E-state index contributed by atoms with van der Waals surface area (Å²) in [4.78, 5) is 40.4. The second-order valence-electron chi connectivity index (χ2n) is 8.68. The van der Waals surface area contributed by atoms with Crippen molar-refractivity contribution in [3.63, 3.8) is 0 Å². The van der Waals surface area contributed by atoms with Crippen molar-refractivity contribution in [2.24, 2.45) is 5.73 Å². The summed E-state index contributed by atoms with van der Waals surface area (Å²) in [7, 11) is 0. The standard InChI is InChI=1S/C25H30N4O3.ClH/c1-16(26)23(30)27-20-14-12-19-13-15-21(29(19)25(20)32)24(31)28-22(17-8-4-2-5-9-17)18-10-6-3-7-11-18;/h2-11,16,19-22H,12-15,26H2,1H3,(H,27,30)(H,28,31);1H/t16-,19-,20?,21-;/m0./s1. The molecule has 0 radical (unpaired) electrons. The molecule has 8 heteroatoms. The fourth-order valence-corrected chi connectivity index (χ4v) is 4.75. The molecule has 4 N–H and O–H groups in total. The molecule has 2 saturated heterocycles. The third kappa shape index (κ3) is 5.37. The van der Waals surface area contributed by atoms with Gasteiger partial charge >= 0.3 is 0 Å². The van der Waals surface area contributed by atoms with E-state index in [1.807, 2.05) is 60.7 Å². The Labute approximate surface area is 200 Å². The number of carbonyl (C=O) groups is 3. The van der Waals surface area contributed by atoms with Gasteiger partial charge in [-0.2, -0.15) is 0 Å². The van der Waals surface area contributed by atoms with Crippen molar-refractivity contribution in [3.05, 3.63) is 71.8 Å². The van der Waals surface area contributed by atoms with Crippen molar-refractivity contribution >= 4 is 30.1 Å². The van der Waals surface area contributed by atoms with E-state index in [4.69, 9.17) is 5.73 Å². The van der Waals surface area contributed by atoms with Crippen molar-refractivity contribution in [1.29, 1.82) is 0 Å². The van der Waals surface area contributed by atoms with Crippen LogP contribution in [0.15, 0.2) is 60.7 Å². The van der Waals surface area contributed by atoms with Crippen LogP contribution in [0.3, 0.4) is 0 Å². The second kappa shape index (κ2) is 10.8. The van der Waals surface area contributed by atoms with Crippen LogP contribution in [0.1, 0.15) is 49.8 Å². The van der Waals surface area contributed by atoms with Gasteiger partial charge in [-0.05, 0) is 43.7 Å². The van der Waals surface area contributed by atoms with E-state index < -0.39 is 18.1 Å². The number of nitrogens with zero attached hydrogens (tertiary/aromatic N) is 1. The first-order valence-electron chi connectivity index (χ1n) is 11.2. The topological polar surface area (TPSA) is 105 Å². The van der Waals surface area contributed by atoms with Gasteiger partial charge in [0.05, 0.1) is 12.1 Å². The summed E-state index contributed by atoms with van der Waals surface area (Å²) in [6.07, 6.45) is 2.75. The van der Waals surface area contributed by atoms with Crippen LogP contribution in [-0.2, 0) is 14.4 Å². The summed E-state index contributed by atoms with van der Waals surface area (Å²) < 4.78 is 0. The third-order valence-electron chi connectivity index (χ3n) is 6.43. The second-order valence-corrected chi connectivity index (χ2v) is 8.68. The predicted molar refractivity (Wildman–Crippen MR) is 129 cm³/mol. The van der Waals surface area contributed by atoms with Gasteiger partial charge in [-0.3, -0.25) is 14.4 Å². The van der Waals surface area contributed by atoms with Crippen molar-refractivity contribution in [1.82, 2.24) is 15.5 Å². The maximum Gasteiger partial charge on any atom is 0.246 e. The highest BCUT2D eigenvalue weighted by Gasteiger charge is 2.46. The molecule has 0 aromatic heterocycles. The van der Waals surface area contributed by atoms with Crippen LogP contribution >= 0.6 is 12.4 Å². The van der Waals surface area contributed by atoms with Gasteiger partial charge in [0.2, 0.25) is 17.7 Å². The van der Waals surface area contributed by atoms with Crippen molar-refractivity contribution in [3.8, 4) is 0 Å². The van der Waals surface area contributed by atoms with Crippen LogP contribution in [0.5, 0.6) is 0 Å². The van der Waals surface area contributed by atoms with Crippen LogP contribution in [0.25, 0.3) is 0 Å². The summed E-state index contributed by atoms with van der Waals surface area (Å²) >= 11 is 0. The molecule has 2 aliphatic rings. The third-order valence-corrected chi connectivity index (χ3v) is 6.43. The average molecular weight is 471 g/mol. The number of piperidine rings is 1. The molecule has 3 amide bonds. The van der Waals surface area contributed by atoms with Crippen LogP contribution in [0.4, 0.5) is 0 Å². The Morgan fingerprint density at radius 2 is 1.48 bits per heavy atom. The molecule has 4 atom stereocenters. The SMILES string of the molecule is C[C@H](N)C(=O)NC1CC[C@H]2CC[C@@H](C(=O)NC(c3ccccc3)c3ccccc3)N2C1=O.Cl. The Morgan fingerprint density at radius 3 is 2.03 bits per heavy atom. The van der Waals surface area contributed by atoms with Gasteiger partial charge in [-0.15, -0.1) is 12.4 Å². The van der Waals surface area contributed by atoms with Crippen molar-refractivity contribution < 1.29 is 14.4 Å². The van der Waals surface area contributed by atoms with Crippen molar-refractivity contribution in [2.75, 3.05) is 0 Å². The molecule has 2 aliphatic heterocycles. The number of nitrogens with two attached hydrogens (primary N) is 1. The predicted octanol–water partition coefficient (Wildman–Crippen LogP) is 2.30. The highest BCUT2D eigenvalue weighted by atomic mass is 35.5. The first-order valence-corrected chi connectivity index (χ1v) is 11.2. The lowest BCUT2D eigenvalue weighted by atomic mass is 9.97. The summed E-state index contributed by atoms with van der Waals surface area (Å²) in [5.41, 5.74) is 7.61. The minimum Gasteiger partial charge on any atom is -0.343 e. The Morgan fingerprint density at radius 1 is 0.939 bits per heavy atom. The number of benzene rings is 2. The van der Waals surface area contributed by atoms with Gasteiger partial charge in [0.15, 0.2) is 0 Å². The Kier molecular flexibility index (Phi) is 8.10. The first kappa shape index (κ1) is 24.7. The molecule has 0 spiro atoms. The fraction of sp³-hybridized carbons (Fsp3) is 0.400. The summed E-state index contributed by atoms with van der Waals surface area (Å²) in [6.45, 7) is 1.59. The van der Waals surface area contributed by atoms with E-state index in [0.29, 0.717) is 12.8 Å². The van der Waals surface area contributed by atoms with E-state index in [9.17, 15) is 14.4 Å². The van der Waals surface area contributed by atoms with E-state index in [2.05, 4.69) is 10.6 Å². The number of nitrogens with one attached hydrogen (secondary N) is 2. The Hall–Kier alpha value is -2.90. The van der Waals surface area contributed by atoms with E-state index in [1.54, 1.807) is 11.8 Å². The highest BCUT2D eigenvalue weighted by molar-refractivity contribution is 5.94. The zero-order valence-electron chi connectivity index (χ0n) is 18.6. The molecule has 2 heterocycles. The van der Waals surface area contributed by atoms with Crippen LogP contribution in [-0.4, -0.2) is 46.8 Å². The molecular weight excluding hydrogens is 440 g/mol. The van der Waals surface area contributed by atoms with Gasteiger partial charge in [-0.25, -0.2) is 0 Å². The zero-order chi connectivity index (χ0) is 22.7. The lowest BCUT2D eigenvalue weighted by molar-refractivity contribution is -0.146. The summed E-state index contributed by atoms with van der Waals surface area (Å²) in [5.74, 6) is -0.711. The number of fused-ring (bicyclic) bond motifs is 1. The Balaban J connectivity index is 0.00000306. The van der Waals surface area contributed by atoms with Gasteiger partial charge in [0.1, 0.15) is 12.1 Å². The molecule has 2 fully saturated rings. The molecule has 1 unspecified atom stereocenters. The first-order chi connectivity index (χ1) is 15.5. The van der Waals surface area contributed by atoms with Gasteiger partial charge in [0.25, 0.3) is 0 Å². The molecule has 0 bridgehead atoms. The maximum absolute atomic E-state index is 13.4. The Bertz CT molecular complexity index is 931. The molecule has 7 nitrogen and oxygen atoms in total. The molecule has 4 rings (SSSR count). The minimum absolute atomic E-state index is 0. The van der Waals surface area contributed by atoms with E-state index >= 15 is 0 Å². The lowest BCUT2D eigenvalue weighted by Crippen LogP contribution is -2.60. The molecule has 2 aromatic carbocycles. The lowest BCUT2D eigenvalue weighted by Gasteiger charge is -2.38. The summed E-state index contributed by atoms with van der Waals surface area (Å²) in [6, 6.07) is 17.5. The largest absolute Gasteiger partial charge is 0.343 e. The van der Waals surface area contributed by atoms with Gasteiger partial charge in [0, 0.05) is 6.04 Å². The molecule has 0 saturated carbocycles. The zero-order valence-corrected chi connectivity index (χ0v) is 19.5. The molecule has 2 aromatic rings. The van der Waals surface area contributed by atoms with Gasteiger partial charge < -0.3 is 21.3 Å². The smallest absolute Gasteiger partial charge is 0.246 e. The summed E-state index contributed by atoms with van der Waals surface area (Å²) in [5, 5.41) is 5.92. The average Bonchev–Trinajstić information content (AvgIpc) is 3.25. The van der Waals surface area contributed by atoms with Crippen LogP contribution < -0.4 is 16.4 Å². The number of halogens is 1. The normalized spacial score (nSPS) is 22.8. The molecule has 0 aliphatic carbocycles. The van der Waals surface area contributed by atoms with E-state index in [1.165, 1.54) is 0 Å². The van der Waals surface area contributed by atoms with Crippen LogP contribution in [0.2, 0.25) is 0 Å². The molecule has 176 valence electrons. The highest BCUT2D eigenvalue weighted by Crippen LogP contribution is 2.33. The molecular formula is C25H31ClN4O3. The number of rotatable bonds is 6. The van der Waals surface area contributed by atoms with E-state index in [0.717, 1.165) is 24.0 Å². The monoisotopic (exact) mass is 470 g/mol. The van der Waals surface area contributed by atoms with Gasteiger partial charge in [-0.1, -0.05) is 60.7 Å². The number of hydrogen-bond donors (Lipinski definition) is 3. The minimum atomic E-state index is -0.685. The number of carbonyl (C=O) groups excluding carboxylic acids is 3. The number of amides is 3.